The van der Waals surface area contributed by atoms with Crippen LogP contribution in [0.5, 0.6) is 0 Å². The number of ether oxygens (including phenoxy) is 1. The Morgan fingerprint density at radius 2 is 0.964 bits per heavy atom. The highest BCUT2D eigenvalue weighted by Crippen LogP contribution is 2.39. The van der Waals surface area contributed by atoms with Gasteiger partial charge in [-0.25, -0.2) is 0 Å². The van der Waals surface area contributed by atoms with Gasteiger partial charge in [0.2, 0.25) is 0 Å². The quantitative estimate of drug-likeness (QED) is 0.0372. The number of phosphoric acid groups is 1. The topological polar surface area (TPSA) is 96.9 Å². The standard InChI is InChI=1S/C46H95N2O6P/c1-6-7-8-9-10-11-12-13-14-15-16-19-22-25-28-31-34-37-41-52-44-46(54-55(50,51)53-42-40-48(3,4)5)43-47-39-36-33-30-27-24-21-18-17-20-23-26-29-32-35-38-45(2)49/h46-47H,6-44H2,1-5H3. The number of likely N-dealkylation sites (N-methyl/N-ethyl adjacent to an activating group) is 1. The molecule has 9 heteroatoms. The first-order valence-corrected chi connectivity index (χ1v) is 25.2. The Labute approximate surface area is 343 Å². The van der Waals surface area contributed by atoms with E-state index in [0.29, 0.717) is 30.0 Å². The number of nitrogens with zero attached hydrogens (tertiary/aromatic N) is 1. The summed E-state index contributed by atoms with van der Waals surface area (Å²) in [6.45, 7) is 6.82. The second-order valence-electron chi connectivity index (χ2n) is 17.7. The Morgan fingerprint density at radius 3 is 1.36 bits per heavy atom. The zero-order chi connectivity index (χ0) is 40.6. The van der Waals surface area contributed by atoms with Gasteiger partial charge in [0.05, 0.1) is 27.7 Å². The second kappa shape index (κ2) is 40.4. The van der Waals surface area contributed by atoms with Gasteiger partial charge >= 0.3 is 0 Å². The molecule has 0 aliphatic rings. The number of phosphoric ester groups is 1. The third-order valence-corrected chi connectivity index (χ3v) is 11.8. The summed E-state index contributed by atoms with van der Waals surface area (Å²) < 4.78 is 29.9. The maximum absolute atomic E-state index is 12.6. The minimum absolute atomic E-state index is 0.106. The molecule has 8 nitrogen and oxygen atoms in total. The molecule has 0 spiro atoms. The van der Waals surface area contributed by atoms with Crippen molar-refractivity contribution in [2.75, 3.05) is 60.6 Å². The van der Waals surface area contributed by atoms with E-state index in [1.807, 2.05) is 21.1 Å². The van der Waals surface area contributed by atoms with Crippen molar-refractivity contribution in [3.63, 3.8) is 0 Å². The van der Waals surface area contributed by atoms with E-state index in [-0.39, 0.29) is 13.2 Å². The van der Waals surface area contributed by atoms with Crippen LogP contribution in [0.2, 0.25) is 0 Å². The Morgan fingerprint density at radius 1 is 0.582 bits per heavy atom. The maximum Gasteiger partial charge on any atom is 0.268 e. The van der Waals surface area contributed by atoms with Crippen LogP contribution >= 0.6 is 7.82 Å². The molecule has 0 aliphatic carbocycles. The van der Waals surface area contributed by atoms with E-state index in [1.54, 1.807) is 6.92 Å². The fraction of sp³-hybridized carbons (Fsp3) is 0.978. The first-order valence-electron chi connectivity index (χ1n) is 23.8. The molecule has 2 unspecified atom stereocenters. The van der Waals surface area contributed by atoms with Crippen molar-refractivity contribution < 1.29 is 32.5 Å². The number of carbonyl (C=O) groups is 1. The molecule has 0 aromatic rings. The summed E-state index contributed by atoms with van der Waals surface area (Å²) in [6.07, 6.45) is 42.2. The van der Waals surface area contributed by atoms with E-state index in [4.69, 9.17) is 13.8 Å². The summed E-state index contributed by atoms with van der Waals surface area (Å²) in [7, 11) is 1.60. The molecular weight excluding hydrogens is 707 g/mol. The van der Waals surface area contributed by atoms with Crippen LogP contribution in [0.1, 0.15) is 226 Å². The van der Waals surface area contributed by atoms with E-state index in [0.717, 1.165) is 38.6 Å². The van der Waals surface area contributed by atoms with Crippen LogP contribution in [0.25, 0.3) is 0 Å². The van der Waals surface area contributed by atoms with E-state index in [2.05, 4.69) is 12.2 Å². The van der Waals surface area contributed by atoms with Gasteiger partial charge in [-0.1, -0.05) is 193 Å². The SMILES string of the molecule is CCCCCCCCCCCCCCCCCCCCOCC(CNCCCCCCCCCCCCCCCCC(C)=O)OP(=O)([O-])OCC[N+](C)(C)C. The predicted molar refractivity (Wildman–Crippen MR) is 234 cm³/mol. The zero-order valence-electron chi connectivity index (χ0n) is 37.5. The molecule has 330 valence electrons. The lowest BCUT2D eigenvalue weighted by atomic mass is 10.0. The molecule has 0 radical (unpaired) electrons. The van der Waals surface area contributed by atoms with Crippen LogP contribution in [-0.4, -0.2) is 77.0 Å². The number of carbonyl (C=O) groups excluding carboxylic acids is 1. The average molecular weight is 803 g/mol. The molecule has 1 N–H and O–H groups in total. The third-order valence-electron chi connectivity index (χ3n) is 10.7. The summed E-state index contributed by atoms with van der Waals surface area (Å²) in [5, 5.41) is 3.41. The number of hydrogen-bond acceptors (Lipinski definition) is 7. The number of quaternary nitrogens is 1. The number of unbranched alkanes of at least 4 members (excludes halogenated alkanes) is 30. The summed E-state index contributed by atoms with van der Waals surface area (Å²) >= 11 is 0. The first kappa shape index (κ1) is 54.7. The summed E-state index contributed by atoms with van der Waals surface area (Å²) in [5.74, 6) is 0.320. The van der Waals surface area contributed by atoms with Crippen LogP contribution in [0.3, 0.4) is 0 Å². The van der Waals surface area contributed by atoms with Gasteiger partial charge in [-0.15, -0.1) is 0 Å². The number of rotatable bonds is 46. The van der Waals surface area contributed by atoms with Gasteiger partial charge in [-0.2, -0.15) is 0 Å². The highest BCUT2D eigenvalue weighted by Gasteiger charge is 2.20. The molecule has 0 aromatic carbocycles. The zero-order valence-corrected chi connectivity index (χ0v) is 38.4. The predicted octanol–water partition coefficient (Wildman–Crippen LogP) is 12.7. The normalized spacial score (nSPS) is 13.7. The Hall–Kier alpha value is -0.340. The number of ketones is 1. The van der Waals surface area contributed by atoms with Gasteiger partial charge in [-0.3, -0.25) is 4.57 Å². The highest BCUT2D eigenvalue weighted by molar-refractivity contribution is 7.45. The molecule has 0 amide bonds. The van der Waals surface area contributed by atoms with Crippen molar-refractivity contribution in [3.8, 4) is 0 Å². The van der Waals surface area contributed by atoms with E-state index in [1.165, 1.54) is 180 Å². The minimum atomic E-state index is -4.42. The van der Waals surface area contributed by atoms with Crippen molar-refractivity contribution in [2.45, 2.75) is 232 Å². The van der Waals surface area contributed by atoms with Crippen molar-refractivity contribution in [1.29, 1.82) is 0 Å². The molecule has 2 atom stereocenters. The van der Waals surface area contributed by atoms with Gasteiger partial charge in [0, 0.05) is 19.6 Å². The molecule has 0 heterocycles. The first-order chi connectivity index (χ1) is 26.6. The molecule has 0 saturated heterocycles. The average Bonchev–Trinajstić information content (AvgIpc) is 3.12. The van der Waals surface area contributed by atoms with Gasteiger partial charge in [0.25, 0.3) is 7.82 Å². The van der Waals surface area contributed by atoms with Crippen LogP contribution in [0.4, 0.5) is 0 Å². The summed E-state index contributed by atoms with van der Waals surface area (Å²) in [4.78, 5) is 23.6. The van der Waals surface area contributed by atoms with E-state index >= 15 is 0 Å². The number of Topliss-reactive ketones (excluding diaryl/α,β-unsaturated/α-hetero) is 1. The van der Waals surface area contributed by atoms with Crippen LogP contribution in [-0.2, 0) is 23.1 Å². The van der Waals surface area contributed by atoms with Crippen LogP contribution in [0, 0.1) is 0 Å². The summed E-state index contributed by atoms with van der Waals surface area (Å²) in [6, 6.07) is 0. The molecule has 0 bridgehead atoms. The van der Waals surface area contributed by atoms with E-state index in [9.17, 15) is 14.3 Å². The molecule has 0 rings (SSSR count). The lowest BCUT2D eigenvalue weighted by Crippen LogP contribution is -2.38. The van der Waals surface area contributed by atoms with Crippen molar-refractivity contribution in [3.05, 3.63) is 0 Å². The molecule has 0 aliphatic heterocycles. The second-order valence-corrected chi connectivity index (χ2v) is 19.1. The lowest BCUT2D eigenvalue weighted by Gasteiger charge is -2.30. The minimum Gasteiger partial charge on any atom is -0.756 e. The van der Waals surface area contributed by atoms with Crippen molar-refractivity contribution >= 4 is 13.6 Å². The van der Waals surface area contributed by atoms with Gasteiger partial charge < -0.3 is 33.3 Å². The van der Waals surface area contributed by atoms with Crippen LogP contribution in [0.15, 0.2) is 0 Å². The molecular formula is C46H95N2O6P. The van der Waals surface area contributed by atoms with Gasteiger partial charge in [-0.05, 0) is 32.7 Å². The van der Waals surface area contributed by atoms with Gasteiger partial charge in [0.15, 0.2) is 0 Å². The monoisotopic (exact) mass is 803 g/mol. The highest BCUT2D eigenvalue weighted by atomic mass is 31.2. The van der Waals surface area contributed by atoms with E-state index < -0.39 is 13.9 Å². The Kier molecular flexibility index (Phi) is 40.2. The fourth-order valence-electron chi connectivity index (χ4n) is 7.09. The summed E-state index contributed by atoms with van der Waals surface area (Å²) in [5.41, 5.74) is 0. The fourth-order valence-corrected chi connectivity index (χ4v) is 7.96. The van der Waals surface area contributed by atoms with Crippen molar-refractivity contribution in [1.82, 2.24) is 5.32 Å². The van der Waals surface area contributed by atoms with Crippen LogP contribution < -0.4 is 10.2 Å². The molecule has 55 heavy (non-hydrogen) atoms. The third kappa shape index (κ3) is 46.2. The molecule has 0 aromatic heterocycles. The lowest BCUT2D eigenvalue weighted by molar-refractivity contribution is -0.870. The maximum atomic E-state index is 12.6. The number of hydrogen-bond donors (Lipinski definition) is 1. The molecule has 0 saturated carbocycles. The van der Waals surface area contributed by atoms with Gasteiger partial charge in [0.1, 0.15) is 25.0 Å². The molecule has 0 fully saturated rings. The Bertz CT molecular complexity index is 855. The smallest absolute Gasteiger partial charge is 0.268 e. The van der Waals surface area contributed by atoms with Crippen molar-refractivity contribution in [2.24, 2.45) is 0 Å². The number of nitrogens with one attached hydrogen (secondary N) is 1. The Balaban J connectivity index is 3.97. The largest absolute Gasteiger partial charge is 0.756 e.